The van der Waals surface area contributed by atoms with Gasteiger partial charge in [-0.1, -0.05) is 11.6 Å². The van der Waals surface area contributed by atoms with Crippen molar-refractivity contribution in [3.63, 3.8) is 0 Å². The summed E-state index contributed by atoms with van der Waals surface area (Å²) in [5.41, 5.74) is -0.144. The van der Waals surface area contributed by atoms with E-state index in [9.17, 15) is 50.8 Å². The molecule has 0 amide bonds. The molecule has 16 heteroatoms. The lowest BCUT2D eigenvalue weighted by atomic mass is 9.99. The monoisotopic (exact) mass is 692 g/mol. The summed E-state index contributed by atoms with van der Waals surface area (Å²) in [5.74, 6) is -2.02. The lowest BCUT2D eigenvalue weighted by Gasteiger charge is -2.39. The molecular weight excluding hydrogens is 652 g/mol. The number of aliphatic hydroxyl groups excluding tert-OH is 7. The lowest BCUT2D eigenvalue weighted by molar-refractivity contribution is -0.277. The lowest BCUT2D eigenvalue weighted by Crippen LogP contribution is -2.60. The van der Waals surface area contributed by atoms with Crippen LogP contribution in [-0.2, 0) is 15.9 Å². The first-order chi connectivity index (χ1) is 23.2. The van der Waals surface area contributed by atoms with Crippen molar-refractivity contribution in [2.24, 2.45) is 0 Å². The average Bonchev–Trinajstić information content (AvgIpc) is 3.06. The van der Waals surface area contributed by atoms with Gasteiger partial charge in [-0.2, -0.15) is 0 Å². The molecular formula is C33H40O16. The van der Waals surface area contributed by atoms with Crippen LogP contribution in [0.4, 0.5) is 0 Å². The van der Waals surface area contributed by atoms with Gasteiger partial charge >= 0.3 is 0 Å². The molecule has 2 aliphatic rings. The second-order valence-electron chi connectivity index (χ2n) is 12.2. The van der Waals surface area contributed by atoms with Crippen LogP contribution in [0.2, 0.25) is 0 Å². The molecule has 49 heavy (non-hydrogen) atoms. The molecule has 0 bridgehead atoms. The fourth-order valence-electron chi connectivity index (χ4n) is 5.61. The molecule has 2 saturated heterocycles. The van der Waals surface area contributed by atoms with Crippen molar-refractivity contribution >= 4 is 11.0 Å². The minimum absolute atomic E-state index is 0.0222. The Hall–Kier alpha value is -3.97. The highest BCUT2D eigenvalue weighted by Crippen LogP contribution is 2.42. The molecule has 9 N–H and O–H groups in total. The molecule has 0 saturated carbocycles. The number of allylic oxidation sites excluding steroid dienone is 2. The highest BCUT2D eigenvalue weighted by Gasteiger charge is 2.46. The van der Waals surface area contributed by atoms with Gasteiger partial charge in [-0.15, -0.1) is 0 Å². The fourth-order valence-corrected chi connectivity index (χ4v) is 5.61. The normalized spacial score (nSPS) is 30.2. The van der Waals surface area contributed by atoms with E-state index >= 15 is 0 Å². The van der Waals surface area contributed by atoms with Gasteiger partial charge in [-0.25, -0.2) is 0 Å². The van der Waals surface area contributed by atoms with Crippen LogP contribution in [0.25, 0.3) is 22.3 Å². The van der Waals surface area contributed by atoms with Crippen LogP contribution in [0, 0.1) is 0 Å². The van der Waals surface area contributed by atoms with Crippen molar-refractivity contribution in [1.29, 1.82) is 0 Å². The van der Waals surface area contributed by atoms with Crippen molar-refractivity contribution in [2.75, 3.05) is 13.7 Å². The summed E-state index contributed by atoms with van der Waals surface area (Å²) in [6, 6.07) is 5.07. The number of phenolic OH excluding ortho intramolecular Hbond substituents is 2. The van der Waals surface area contributed by atoms with Gasteiger partial charge in [0.05, 0.1) is 19.8 Å². The zero-order chi connectivity index (χ0) is 35.9. The van der Waals surface area contributed by atoms with Crippen molar-refractivity contribution in [1.82, 2.24) is 0 Å². The number of hydrogen-bond donors (Lipinski definition) is 9. The molecule has 0 aliphatic carbocycles. The van der Waals surface area contributed by atoms with Gasteiger partial charge in [0.1, 0.15) is 65.2 Å². The molecule has 0 spiro atoms. The van der Waals surface area contributed by atoms with Gasteiger partial charge in [0, 0.05) is 17.2 Å². The van der Waals surface area contributed by atoms with Crippen LogP contribution in [-0.4, -0.2) is 121 Å². The van der Waals surface area contributed by atoms with Crippen molar-refractivity contribution in [2.45, 2.75) is 88.6 Å². The molecule has 2 fully saturated rings. The molecule has 10 atom stereocenters. The Morgan fingerprint density at radius 2 is 1.49 bits per heavy atom. The van der Waals surface area contributed by atoms with E-state index in [0.717, 1.165) is 11.6 Å². The van der Waals surface area contributed by atoms with Crippen LogP contribution < -0.4 is 19.6 Å². The van der Waals surface area contributed by atoms with E-state index in [1.165, 1.54) is 32.2 Å². The highest BCUT2D eigenvalue weighted by atomic mass is 16.7. The van der Waals surface area contributed by atoms with Crippen LogP contribution in [0.1, 0.15) is 26.3 Å². The minimum Gasteiger partial charge on any atom is -0.507 e. The Labute approximate surface area is 279 Å². The smallest absolute Gasteiger partial charge is 0.239 e. The third-order valence-electron chi connectivity index (χ3n) is 8.46. The SMILES string of the molecule is COc1ccc(-c2oc3c(CC=C(C)C)c(O[C@@H]4O[C@H](CO)[C@@H](O)[C@H](O)[C@H]4O)cc(O)c3c(=O)c2O[C@@H]2O[C@@H](C)[C@H](O)[C@@H](O)[C@H]2O)cc1O. The summed E-state index contributed by atoms with van der Waals surface area (Å²) in [7, 11) is 1.33. The quantitative estimate of drug-likeness (QED) is 0.131. The number of phenols is 2. The van der Waals surface area contributed by atoms with Crippen LogP contribution in [0.3, 0.4) is 0 Å². The molecule has 3 aromatic rings. The Kier molecular flexibility index (Phi) is 10.7. The minimum atomic E-state index is -1.82. The average molecular weight is 693 g/mol. The maximum absolute atomic E-state index is 14.3. The summed E-state index contributed by atoms with van der Waals surface area (Å²) in [4.78, 5) is 14.3. The predicted octanol–water partition coefficient (Wildman–Crippen LogP) is -0.227. The number of aromatic hydroxyl groups is 2. The molecule has 3 heterocycles. The van der Waals surface area contributed by atoms with Crippen molar-refractivity contribution in [3.05, 3.63) is 51.7 Å². The third kappa shape index (κ3) is 6.92. The van der Waals surface area contributed by atoms with E-state index in [4.69, 9.17) is 28.1 Å². The number of methoxy groups -OCH3 is 1. The Morgan fingerprint density at radius 3 is 2.10 bits per heavy atom. The second kappa shape index (κ2) is 14.5. The van der Waals surface area contributed by atoms with Gasteiger partial charge in [-0.3, -0.25) is 4.79 Å². The summed E-state index contributed by atoms with van der Waals surface area (Å²) in [6.45, 7) is 4.30. The van der Waals surface area contributed by atoms with Gasteiger partial charge in [-0.05, 0) is 45.4 Å². The predicted molar refractivity (Wildman–Crippen MR) is 168 cm³/mol. The number of hydrogen-bond acceptors (Lipinski definition) is 16. The van der Waals surface area contributed by atoms with Gasteiger partial charge in [0.25, 0.3) is 0 Å². The van der Waals surface area contributed by atoms with E-state index < -0.39 is 90.3 Å². The molecule has 0 radical (unpaired) electrons. The van der Waals surface area contributed by atoms with E-state index in [1.54, 1.807) is 19.9 Å². The summed E-state index contributed by atoms with van der Waals surface area (Å²) in [5, 5.41) is 93.4. The largest absolute Gasteiger partial charge is 0.507 e. The molecule has 5 rings (SSSR count). The number of aliphatic hydroxyl groups is 7. The molecule has 2 aliphatic heterocycles. The van der Waals surface area contributed by atoms with Gasteiger partial charge in [0.15, 0.2) is 17.3 Å². The molecule has 2 aromatic carbocycles. The number of rotatable bonds is 9. The zero-order valence-electron chi connectivity index (χ0n) is 27.0. The number of ether oxygens (including phenoxy) is 5. The Bertz CT molecular complexity index is 1750. The molecule has 268 valence electrons. The Balaban J connectivity index is 1.74. The fraction of sp³-hybridized carbons (Fsp3) is 0.485. The van der Waals surface area contributed by atoms with E-state index in [1.807, 2.05) is 0 Å². The van der Waals surface area contributed by atoms with Crippen molar-refractivity contribution in [3.8, 4) is 40.1 Å². The summed E-state index contributed by atoms with van der Waals surface area (Å²) < 4.78 is 34.2. The first-order valence-corrected chi connectivity index (χ1v) is 15.4. The van der Waals surface area contributed by atoms with Gasteiger partial charge < -0.3 is 74.1 Å². The maximum atomic E-state index is 14.3. The van der Waals surface area contributed by atoms with Crippen molar-refractivity contribution < 1.29 is 74.1 Å². The third-order valence-corrected chi connectivity index (χ3v) is 8.46. The Morgan fingerprint density at radius 1 is 0.837 bits per heavy atom. The standard InChI is InChI=1S/C33H40O16/c1-12(2)5-7-15-19(46-33-28(43)26(41)23(38)20(11-34)47-33)10-17(36)21-24(39)31(49-32-27(42)25(40)22(37)13(3)45-32)29(48-30(15)21)14-6-8-18(44-4)16(35)9-14/h5-6,8-10,13,20,22-23,25-28,32-38,40-43H,7,11H2,1-4H3/t13-,20+,22-,23+,25+,26-,27+,28+,32-,33+/m0/s1. The van der Waals surface area contributed by atoms with E-state index in [2.05, 4.69) is 0 Å². The number of fused-ring (bicyclic) bond motifs is 1. The number of benzene rings is 2. The summed E-state index contributed by atoms with van der Waals surface area (Å²) >= 11 is 0. The highest BCUT2D eigenvalue weighted by molar-refractivity contribution is 5.91. The van der Waals surface area contributed by atoms with Crippen LogP contribution >= 0.6 is 0 Å². The first kappa shape index (κ1) is 36.3. The maximum Gasteiger partial charge on any atom is 0.239 e. The first-order valence-electron chi connectivity index (χ1n) is 15.4. The zero-order valence-corrected chi connectivity index (χ0v) is 27.0. The molecule has 16 nitrogen and oxygen atoms in total. The van der Waals surface area contributed by atoms with Crippen LogP contribution in [0.15, 0.2) is 45.1 Å². The molecule has 1 aromatic heterocycles. The second-order valence-corrected chi connectivity index (χ2v) is 12.2. The van der Waals surface area contributed by atoms with Gasteiger partial charge in [0.2, 0.25) is 23.8 Å². The van der Waals surface area contributed by atoms with E-state index in [-0.39, 0.29) is 46.1 Å². The van der Waals surface area contributed by atoms with Crippen LogP contribution in [0.5, 0.6) is 28.7 Å². The topological polar surface area (TPSA) is 258 Å². The molecule has 0 unspecified atom stereocenters. The summed E-state index contributed by atoms with van der Waals surface area (Å²) in [6.07, 6.45) is -14.1. The van der Waals surface area contributed by atoms with E-state index in [0.29, 0.717) is 0 Å².